The van der Waals surface area contributed by atoms with E-state index in [1.807, 2.05) is 0 Å². The van der Waals surface area contributed by atoms with Gasteiger partial charge in [-0.2, -0.15) is 5.10 Å². The van der Waals surface area contributed by atoms with Crippen LogP contribution in [0.2, 0.25) is 0 Å². The average Bonchev–Trinajstić information content (AvgIpc) is 2.32. The maximum absolute atomic E-state index is 13.2. The number of thiocarbonyl (C=S) groups is 1. The van der Waals surface area contributed by atoms with Crippen LogP contribution in [-0.4, -0.2) is 14.8 Å². The second-order valence-electron chi connectivity index (χ2n) is 3.69. The first-order chi connectivity index (χ1) is 8.58. The molecule has 92 valence electrons. The van der Waals surface area contributed by atoms with Crippen LogP contribution in [-0.2, 0) is 6.54 Å². The molecule has 0 saturated heterocycles. The third-order valence-corrected chi connectivity index (χ3v) is 2.66. The highest BCUT2D eigenvalue weighted by atomic mass is 32.1. The molecule has 0 aliphatic heterocycles. The number of nitrogens with zero attached hydrogens (tertiary/aromatic N) is 2. The molecule has 2 aromatic rings. The van der Waals surface area contributed by atoms with E-state index < -0.39 is 5.82 Å². The maximum Gasteiger partial charge on any atom is 0.267 e. The fourth-order valence-corrected chi connectivity index (χ4v) is 1.80. The van der Waals surface area contributed by atoms with Gasteiger partial charge in [0.05, 0.1) is 6.54 Å². The second kappa shape index (κ2) is 5.05. The summed E-state index contributed by atoms with van der Waals surface area (Å²) < 4.78 is 14.4. The molecule has 2 rings (SSSR count). The molecule has 1 aromatic heterocycles. The molecule has 1 heterocycles. The van der Waals surface area contributed by atoms with E-state index in [1.54, 1.807) is 6.07 Å². The summed E-state index contributed by atoms with van der Waals surface area (Å²) in [6, 6.07) is 7.00. The number of hydrogen-bond acceptors (Lipinski definition) is 3. The van der Waals surface area contributed by atoms with Gasteiger partial charge in [-0.3, -0.25) is 4.79 Å². The predicted molar refractivity (Wildman–Crippen MR) is 69.9 cm³/mol. The summed E-state index contributed by atoms with van der Waals surface area (Å²) in [5.74, 6) is -0.408. The van der Waals surface area contributed by atoms with Gasteiger partial charge < -0.3 is 5.73 Å². The van der Waals surface area contributed by atoms with Gasteiger partial charge in [-0.05, 0) is 29.8 Å². The molecular formula is C12H10FN3OS. The summed E-state index contributed by atoms with van der Waals surface area (Å²) in [4.78, 5) is 11.7. The van der Waals surface area contributed by atoms with Gasteiger partial charge in [0.2, 0.25) is 0 Å². The van der Waals surface area contributed by atoms with Crippen molar-refractivity contribution >= 4 is 17.2 Å². The van der Waals surface area contributed by atoms with Gasteiger partial charge in [-0.15, -0.1) is 0 Å². The van der Waals surface area contributed by atoms with Crippen LogP contribution in [0.1, 0.15) is 11.1 Å². The average molecular weight is 263 g/mol. The molecular weight excluding hydrogens is 253 g/mol. The van der Waals surface area contributed by atoms with E-state index in [2.05, 4.69) is 5.10 Å². The Morgan fingerprint density at radius 3 is 2.89 bits per heavy atom. The van der Waals surface area contributed by atoms with Crippen molar-refractivity contribution in [3.05, 3.63) is 63.8 Å². The molecule has 0 spiro atoms. The highest BCUT2D eigenvalue weighted by molar-refractivity contribution is 7.80. The van der Waals surface area contributed by atoms with E-state index in [-0.39, 0.29) is 17.1 Å². The minimum Gasteiger partial charge on any atom is -0.389 e. The fourth-order valence-electron chi connectivity index (χ4n) is 1.60. The topological polar surface area (TPSA) is 60.9 Å². The van der Waals surface area contributed by atoms with Crippen LogP contribution in [0.25, 0.3) is 0 Å². The van der Waals surface area contributed by atoms with Crippen LogP contribution >= 0.6 is 12.2 Å². The van der Waals surface area contributed by atoms with Crippen molar-refractivity contribution in [3.63, 3.8) is 0 Å². The SMILES string of the molecule is NC(=S)c1ccc(F)cc1Cn1ncccc1=O. The van der Waals surface area contributed by atoms with Crippen LogP contribution in [0.4, 0.5) is 4.39 Å². The molecule has 0 unspecified atom stereocenters. The lowest BCUT2D eigenvalue weighted by atomic mass is 10.1. The number of nitrogens with two attached hydrogens (primary N) is 1. The molecule has 0 saturated carbocycles. The molecule has 0 amide bonds. The number of benzene rings is 1. The normalized spacial score (nSPS) is 10.3. The lowest BCUT2D eigenvalue weighted by Crippen LogP contribution is -2.23. The Kier molecular flexibility index (Phi) is 3.47. The van der Waals surface area contributed by atoms with Crippen molar-refractivity contribution < 1.29 is 4.39 Å². The summed E-state index contributed by atoms with van der Waals surface area (Å²) in [5.41, 5.74) is 6.37. The van der Waals surface area contributed by atoms with Crippen LogP contribution in [0, 0.1) is 5.82 Å². The summed E-state index contributed by atoms with van der Waals surface area (Å²) in [7, 11) is 0. The van der Waals surface area contributed by atoms with Gasteiger partial charge in [0, 0.05) is 17.8 Å². The van der Waals surface area contributed by atoms with Crippen molar-refractivity contribution in [2.45, 2.75) is 6.54 Å². The van der Waals surface area contributed by atoms with Gasteiger partial charge in [-0.25, -0.2) is 9.07 Å². The van der Waals surface area contributed by atoms with Crippen molar-refractivity contribution in [3.8, 4) is 0 Å². The number of hydrogen-bond donors (Lipinski definition) is 1. The molecule has 0 aliphatic rings. The smallest absolute Gasteiger partial charge is 0.267 e. The summed E-state index contributed by atoms with van der Waals surface area (Å²) in [6.45, 7) is 0.129. The number of halogens is 1. The van der Waals surface area contributed by atoms with Gasteiger partial charge in [0.25, 0.3) is 5.56 Å². The Labute approximate surface area is 108 Å². The van der Waals surface area contributed by atoms with Crippen LogP contribution in [0.3, 0.4) is 0 Å². The molecule has 0 bridgehead atoms. The van der Waals surface area contributed by atoms with Crippen LogP contribution in [0.15, 0.2) is 41.3 Å². The standard InChI is InChI=1S/C12H10FN3OS/c13-9-3-4-10(12(14)18)8(6-9)7-16-11(17)2-1-5-15-16/h1-6H,7H2,(H2,14,18). The zero-order valence-corrected chi connectivity index (χ0v) is 10.2. The highest BCUT2D eigenvalue weighted by Crippen LogP contribution is 2.12. The first-order valence-electron chi connectivity index (χ1n) is 5.18. The van der Waals surface area contributed by atoms with Gasteiger partial charge in [-0.1, -0.05) is 12.2 Å². The van der Waals surface area contributed by atoms with E-state index in [4.69, 9.17) is 18.0 Å². The van der Waals surface area contributed by atoms with E-state index >= 15 is 0 Å². The molecule has 0 atom stereocenters. The Morgan fingerprint density at radius 1 is 1.44 bits per heavy atom. The predicted octanol–water partition coefficient (Wildman–Crippen LogP) is 1.06. The zero-order chi connectivity index (χ0) is 13.1. The third-order valence-electron chi connectivity index (χ3n) is 2.44. The lowest BCUT2D eigenvalue weighted by Gasteiger charge is -2.09. The largest absolute Gasteiger partial charge is 0.389 e. The van der Waals surface area contributed by atoms with Crippen molar-refractivity contribution in [1.29, 1.82) is 0 Å². The van der Waals surface area contributed by atoms with Gasteiger partial charge in [0.15, 0.2) is 0 Å². The Morgan fingerprint density at radius 2 is 2.22 bits per heavy atom. The Balaban J connectivity index is 2.46. The van der Waals surface area contributed by atoms with Crippen molar-refractivity contribution in [2.75, 3.05) is 0 Å². The first kappa shape index (κ1) is 12.4. The molecule has 18 heavy (non-hydrogen) atoms. The minimum atomic E-state index is -0.408. The third kappa shape index (κ3) is 2.60. The Hall–Kier alpha value is -2.08. The molecule has 0 aliphatic carbocycles. The quantitative estimate of drug-likeness (QED) is 0.841. The molecule has 1 aromatic carbocycles. The maximum atomic E-state index is 13.2. The van der Waals surface area contributed by atoms with E-state index in [1.165, 1.54) is 35.1 Å². The first-order valence-corrected chi connectivity index (χ1v) is 5.59. The number of aromatic nitrogens is 2. The molecule has 0 radical (unpaired) electrons. The molecule has 2 N–H and O–H groups in total. The van der Waals surface area contributed by atoms with Gasteiger partial charge >= 0.3 is 0 Å². The monoisotopic (exact) mass is 263 g/mol. The van der Waals surface area contributed by atoms with Crippen molar-refractivity contribution in [1.82, 2.24) is 9.78 Å². The number of rotatable bonds is 3. The van der Waals surface area contributed by atoms with E-state index in [0.717, 1.165) is 0 Å². The lowest BCUT2D eigenvalue weighted by molar-refractivity contribution is 0.610. The molecule has 0 fully saturated rings. The summed E-state index contributed by atoms with van der Waals surface area (Å²) in [6.07, 6.45) is 1.49. The Bertz CT molecular complexity index is 654. The van der Waals surface area contributed by atoms with Crippen LogP contribution in [0.5, 0.6) is 0 Å². The highest BCUT2D eigenvalue weighted by Gasteiger charge is 2.08. The van der Waals surface area contributed by atoms with Gasteiger partial charge in [0.1, 0.15) is 10.8 Å². The fraction of sp³-hybridized carbons (Fsp3) is 0.0833. The van der Waals surface area contributed by atoms with Crippen LogP contribution < -0.4 is 11.3 Å². The minimum absolute atomic E-state index is 0.129. The summed E-state index contributed by atoms with van der Waals surface area (Å²) >= 11 is 4.89. The molecule has 6 heteroatoms. The zero-order valence-electron chi connectivity index (χ0n) is 9.34. The van der Waals surface area contributed by atoms with E-state index in [0.29, 0.717) is 11.1 Å². The van der Waals surface area contributed by atoms with E-state index in [9.17, 15) is 9.18 Å². The van der Waals surface area contributed by atoms with Crippen molar-refractivity contribution in [2.24, 2.45) is 5.73 Å². The second-order valence-corrected chi connectivity index (χ2v) is 4.13. The summed E-state index contributed by atoms with van der Waals surface area (Å²) in [5, 5.41) is 3.90. The molecule has 4 nitrogen and oxygen atoms in total.